The average Bonchev–Trinajstić information content (AvgIpc) is 0.758. The molecule has 8 aromatic rings. The molecule has 0 bridgehead atoms. The molecular formula is C49H37N11O30S9. The topological polar surface area (TPSA) is 670 Å². The van der Waals surface area contributed by atoms with Crippen molar-refractivity contribution in [2.24, 2.45) is 40.9 Å². The highest BCUT2D eigenvalue weighted by molar-refractivity contribution is 8.04. The summed E-state index contributed by atoms with van der Waals surface area (Å²) in [5.41, 5.74) is 7.97. The normalized spacial score (nSPS) is 12.1. The number of phenols is 2. The second-order valence-corrected chi connectivity index (χ2v) is 27.1. The number of phenolic OH excluding ortho intramolecular Hbond substituents is 2. The molecular weight excluding hydrogens is 1510 g/mol. The summed E-state index contributed by atoms with van der Waals surface area (Å²) < 4.78 is 183. The van der Waals surface area contributed by atoms with Gasteiger partial charge in [0.15, 0.2) is 23.7 Å². The lowest BCUT2D eigenvalue weighted by Crippen LogP contribution is -2.11. The summed E-state index contributed by atoms with van der Waals surface area (Å²) in [5, 5.41) is 86.0. The van der Waals surface area contributed by atoms with Gasteiger partial charge in [0.25, 0.3) is 36.3 Å². The molecule has 0 saturated heterocycles. The van der Waals surface area contributed by atoms with Crippen LogP contribution in [0.3, 0.4) is 0 Å². The van der Waals surface area contributed by atoms with E-state index < -0.39 is 128 Å². The third-order valence-electron chi connectivity index (χ3n) is 11.6. The number of rotatable bonds is 25. The lowest BCUT2D eigenvalue weighted by Gasteiger charge is -2.14. The fraction of sp³-hybridized carbons (Fsp3) is 0. The first-order chi connectivity index (χ1) is 45.7. The van der Waals surface area contributed by atoms with Gasteiger partial charge in [-0.05, 0) is 158 Å². The van der Waals surface area contributed by atoms with Crippen molar-refractivity contribution in [2.75, 3.05) is 16.8 Å². The Morgan fingerprint density at radius 1 is 0.465 bits per heavy atom. The highest BCUT2D eigenvalue weighted by Crippen LogP contribution is 2.52. The molecule has 0 fully saturated rings. The maximum absolute atomic E-state index is 13.6. The molecule has 99 heavy (non-hydrogen) atoms. The number of hydrogen-bond donors (Lipinski definition) is 12. The third kappa shape index (κ3) is 21.1. The number of amides is 1. The second-order valence-electron chi connectivity index (χ2n) is 17.7. The van der Waals surface area contributed by atoms with Crippen LogP contribution in [0.4, 0.5) is 62.6 Å². The molecule has 0 aromatic heterocycles. The maximum Gasteiger partial charge on any atom is 0.433 e. The molecule has 0 spiro atoms. The molecule has 0 radical (unpaired) electrons. The first-order valence-corrected chi connectivity index (χ1v) is 34.8. The van der Waals surface area contributed by atoms with Crippen LogP contribution in [0.25, 0.3) is 21.5 Å². The Morgan fingerprint density at radius 3 is 1.21 bits per heavy atom. The Labute approximate surface area is 570 Å². The van der Waals surface area contributed by atoms with Gasteiger partial charge in [0.1, 0.15) is 43.1 Å². The van der Waals surface area contributed by atoms with Crippen molar-refractivity contribution in [2.45, 2.75) is 34.3 Å². The monoisotopic (exact) mass is 1550 g/mol. The summed E-state index contributed by atoms with van der Waals surface area (Å²) in [6, 6.07) is 22.7. The predicted molar refractivity (Wildman–Crippen MR) is 343 cm³/mol. The Kier molecular flexibility index (Phi) is 26.6. The van der Waals surface area contributed by atoms with E-state index >= 15 is 0 Å². The van der Waals surface area contributed by atoms with Crippen LogP contribution in [-0.4, -0.2) is 102 Å². The molecule has 41 nitrogen and oxygen atoms in total. The number of fused-ring (bicyclic) bond motifs is 2. The van der Waals surface area contributed by atoms with Crippen molar-refractivity contribution >= 4 is 189 Å². The zero-order valence-corrected chi connectivity index (χ0v) is 55.0. The molecule has 0 atom stereocenters. The smallest absolute Gasteiger partial charge is 0.433 e. The molecule has 0 aliphatic heterocycles. The van der Waals surface area contributed by atoms with E-state index in [1.807, 2.05) is 12.2 Å². The number of hydrogen-bond acceptors (Lipinski definition) is 37. The van der Waals surface area contributed by atoms with Crippen LogP contribution < -0.4 is 16.8 Å². The van der Waals surface area contributed by atoms with Gasteiger partial charge in [0.2, 0.25) is 0 Å². The zero-order chi connectivity index (χ0) is 70.6. The molecule has 0 unspecified atom stereocenters. The fourth-order valence-corrected chi connectivity index (χ4v) is 11.8. The number of nitrogen functional groups attached to an aromatic ring is 2. The number of benzene rings is 8. The minimum absolute atomic E-state index is 0. The van der Waals surface area contributed by atoms with E-state index in [9.17, 15) is 70.8 Å². The number of thioether (sulfide) groups is 2. The Bertz CT molecular complexity index is 5290. The van der Waals surface area contributed by atoms with Gasteiger partial charge in [-0.25, -0.2) is 10.5 Å². The minimum atomic E-state index is -5.37. The lowest BCUT2D eigenvalue weighted by atomic mass is 10.1. The first kappa shape index (κ1) is 78.6. The largest absolute Gasteiger partial charge is 0.505 e. The van der Waals surface area contributed by atoms with Gasteiger partial charge in [0.05, 0.1) is 73.1 Å². The van der Waals surface area contributed by atoms with Crippen molar-refractivity contribution in [3.05, 3.63) is 121 Å². The van der Waals surface area contributed by atoms with Gasteiger partial charge in [-0.1, -0.05) is 10.1 Å². The highest BCUT2D eigenvalue weighted by Gasteiger charge is 2.28. The minimum Gasteiger partial charge on any atom is -0.505 e. The molecule has 18 N–H and O–H groups in total. The molecule has 50 heteroatoms. The highest BCUT2D eigenvalue weighted by atomic mass is 32.3. The summed E-state index contributed by atoms with van der Waals surface area (Å²) in [5.74, 6) is -2.56. The van der Waals surface area contributed by atoms with Gasteiger partial charge in [-0.2, -0.15) is 57.4 Å². The SMILES string of the molecule is Nc1c(N=Nc2ccc(C(=O)Nc3ccc(S(=O)(=O)O)c(N=Nc4c(S(=O)(=O)O)cc5cc(SOOO)c(N=Nc6ccc(SC#COOS(=O)(=O)O)cc6)c(O)c5c4N)c3)cc2)c(S(=O)(=O)O)cc2cc(SOOO)c(N=Nc3ccc(SC#COOS(=O)(=O)O)cc3)c(O)c12.O.O. The maximum atomic E-state index is 13.6. The number of carbonyl (C=O) groups is 1. The van der Waals surface area contributed by atoms with E-state index in [2.05, 4.69) is 93.9 Å². The summed E-state index contributed by atoms with van der Waals surface area (Å²) >= 11 is 2.14. The van der Waals surface area contributed by atoms with Crippen molar-refractivity contribution < 1.29 is 139 Å². The lowest BCUT2D eigenvalue weighted by molar-refractivity contribution is -0.432. The number of nitrogens with one attached hydrogen (secondary N) is 1. The number of nitrogens with zero attached hydrogens (tertiary/aromatic N) is 8. The Morgan fingerprint density at radius 2 is 0.838 bits per heavy atom. The van der Waals surface area contributed by atoms with E-state index in [-0.39, 0.29) is 89.3 Å². The van der Waals surface area contributed by atoms with Crippen LogP contribution in [0.15, 0.2) is 190 Å². The van der Waals surface area contributed by atoms with Crippen molar-refractivity contribution in [3.63, 3.8) is 0 Å². The van der Waals surface area contributed by atoms with Gasteiger partial charge >= 0.3 is 20.8 Å². The Hall–Kier alpha value is -9.38. The summed E-state index contributed by atoms with van der Waals surface area (Å²) in [6.45, 7) is 0. The number of carbonyl (C=O) groups excluding carboxylic acids is 1. The predicted octanol–water partition coefficient (Wildman–Crippen LogP) is 9.95. The van der Waals surface area contributed by atoms with Gasteiger partial charge in [0, 0.05) is 31.5 Å². The molecule has 0 saturated carbocycles. The molecule has 522 valence electrons. The molecule has 0 aliphatic rings. The van der Waals surface area contributed by atoms with E-state index in [0.29, 0.717) is 9.79 Å². The van der Waals surface area contributed by atoms with Crippen molar-refractivity contribution in [1.29, 1.82) is 0 Å². The van der Waals surface area contributed by atoms with Crippen molar-refractivity contribution in [3.8, 4) is 34.2 Å². The number of azo groups is 4. The zero-order valence-electron chi connectivity index (χ0n) is 47.7. The number of nitrogens with two attached hydrogens (primary N) is 2. The summed E-state index contributed by atoms with van der Waals surface area (Å²) in [7, 11) is -25.6. The third-order valence-corrected chi connectivity index (χ3v) is 17.3. The van der Waals surface area contributed by atoms with E-state index in [1.54, 1.807) is 0 Å². The van der Waals surface area contributed by atoms with E-state index in [4.69, 9.17) is 31.1 Å². The Balaban J connectivity index is 0.00000773. The van der Waals surface area contributed by atoms with Crippen LogP contribution in [-0.2, 0) is 88.3 Å². The second kappa shape index (κ2) is 33.4. The number of aromatic hydroxyl groups is 2. The molecule has 1 amide bonds. The van der Waals surface area contributed by atoms with Gasteiger partial charge < -0.3 is 37.9 Å². The molecule has 0 heterocycles. The van der Waals surface area contributed by atoms with Crippen LogP contribution in [0, 0.1) is 22.7 Å². The molecule has 8 rings (SSSR count). The van der Waals surface area contributed by atoms with Crippen LogP contribution in [0.5, 0.6) is 11.5 Å². The van der Waals surface area contributed by atoms with Crippen LogP contribution in [0.2, 0.25) is 0 Å². The average molecular weight is 1550 g/mol. The standard InChI is InChI=1S/C49H33N11O28S9.2H2O/c50-41-39-25(19-34(91-85-83-64)43(47(39)61)57-53-28-5-10-31(11-6-28)89-17-15-81-87-96(75,76)77)21-37(94(69,70)71)45(41)59-55-27-3-1-24(2-4-27)49(63)52-30-9-14-36(93(66,67)68)33(23-30)56-60-46-38(95(72,73)74)22-26-20-35(92-86-84-65)44(48(62)40(26)42(46)51)58-54-29-7-12-32(13-8-29)90-18-16-82-88-97(78,79)80;;/h1-14,19-23,61-62,64-65H,50-51H2,(H,52,63)(H,66,67,68)(H,69,70,71)(H,72,73,74)(H,75,76,77)(H,78,79,80);2*1H2. The first-order valence-electron chi connectivity index (χ1n) is 24.6. The van der Waals surface area contributed by atoms with Gasteiger partial charge in [-0.15, -0.1) is 34.2 Å². The van der Waals surface area contributed by atoms with Crippen molar-refractivity contribution in [1.82, 2.24) is 0 Å². The van der Waals surface area contributed by atoms with Crippen LogP contribution >= 0.6 is 47.6 Å². The fourth-order valence-electron chi connectivity index (χ4n) is 7.72. The summed E-state index contributed by atoms with van der Waals surface area (Å²) in [4.78, 5) is 19.2. The van der Waals surface area contributed by atoms with E-state index in [1.165, 1.54) is 72.8 Å². The van der Waals surface area contributed by atoms with Gasteiger partial charge in [-0.3, -0.25) is 37.3 Å². The summed E-state index contributed by atoms with van der Waals surface area (Å²) in [6.07, 6.45) is 3.73. The quantitative estimate of drug-likeness (QED) is 0.00370. The molecule has 8 aromatic carbocycles. The van der Waals surface area contributed by atoms with E-state index in [0.717, 1.165) is 66.0 Å². The number of anilines is 3. The van der Waals surface area contributed by atoms with Crippen LogP contribution in [0.1, 0.15) is 10.4 Å². The molecule has 0 aliphatic carbocycles.